The van der Waals surface area contributed by atoms with Crippen LogP contribution < -0.4 is 5.56 Å². The van der Waals surface area contributed by atoms with Gasteiger partial charge in [-0.15, -0.1) is 0 Å². The molecule has 0 saturated carbocycles. The van der Waals surface area contributed by atoms with Crippen LogP contribution in [0.5, 0.6) is 0 Å². The smallest absolute Gasteiger partial charge is 0.291 e. The van der Waals surface area contributed by atoms with Gasteiger partial charge in [0.25, 0.3) is 5.56 Å². The summed E-state index contributed by atoms with van der Waals surface area (Å²) in [6.07, 6.45) is 5.05. The first-order valence-electron chi connectivity index (χ1n) is 3.30. The van der Waals surface area contributed by atoms with Crippen molar-refractivity contribution in [2.75, 3.05) is 0 Å². The molecule has 2 rings (SSSR count). The third kappa shape index (κ3) is 0.756. The third-order valence-corrected chi connectivity index (χ3v) is 1.62. The molecule has 4 nitrogen and oxygen atoms in total. The van der Waals surface area contributed by atoms with Crippen molar-refractivity contribution in [1.82, 2.24) is 14.4 Å². The molecule has 2 aromatic rings. The molecule has 0 amide bonds. The first-order chi connectivity index (χ1) is 5.29. The van der Waals surface area contributed by atoms with Gasteiger partial charge in [0, 0.05) is 24.3 Å². The lowest BCUT2D eigenvalue weighted by molar-refractivity contribution is 1.05. The zero-order chi connectivity index (χ0) is 7.84. The lowest BCUT2D eigenvalue weighted by atomic mass is 10.5. The van der Waals surface area contributed by atoms with Gasteiger partial charge in [-0.05, 0) is 6.92 Å². The molecule has 0 atom stereocenters. The molecule has 56 valence electrons. The number of hydrogen-bond donors (Lipinski definition) is 1. The number of hydrogen-bond acceptors (Lipinski definition) is 2. The average Bonchev–Trinajstić information content (AvgIpc) is 2.35. The number of rotatable bonds is 0. The molecule has 0 unspecified atom stereocenters. The Balaban J connectivity index is 3.06. The molecular weight excluding hydrogens is 142 g/mol. The molecule has 0 aliphatic carbocycles. The van der Waals surface area contributed by atoms with Crippen LogP contribution in [0.25, 0.3) is 5.65 Å². The van der Waals surface area contributed by atoms with E-state index >= 15 is 0 Å². The number of imidazole rings is 1. The second-order valence-electron chi connectivity index (χ2n) is 2.38. The van der Waals surface area contributed by atoms with Gasteiger partial charge in [-0.2, -0.15) is 0 Å². The van der Waals surface area contributed by atoms with Gasteiger partial charge in [0.15, 0.2) is 0 Å². The summed E-state index contributed by atoms with van der Waals surface area (Å²) in [5.74, 6) is 0. The van der Waals surface area contributed by atoms with Crippen LogP contribution in [0.15, 0.2) is 23.4 Å². The van der Waals surface area contributed by atoms with Crippen molar-refractivity contribution in [2.24, 2.45) is 0 Å². The van der Waals surface area contributed by atoms with E-state index in [1.807, 2.05) is 6.92 Å². The Kier molecular flexibility index (Phi) is 1.09. The van der Waals surface area contributed by atoms with Gasteiger partial charge in [0.2, 0.25) is 5.65 Å². The number of aromatic amines is 1. The minimum atomic E-state index is -0.152. The first kappa shape index (κ1) is 6.15. The van der Waals surface area contributed by atoms with E-state index in [9.17, 15) is 4.79 Å². The normalized spacial score (nSPS) is 10.6. The standard InChI is InChI=1S/C7H7N3O/c1-5-4-9-6-7(11)8-2-3-10(5)6/h2-4H,1H3,(H,8,11). The van der Waals surface area contributed by atoms with E-state index in [0.717, 1.165) is 5.69 Å². The Morgan fingerprint density at radius 2 is 2.45 bits per heavy atom. The van der Waals surface area contributed by atoms with Crippen molar-refractivity contribution >= 4 is 5.65 Å². The number of nitrogens with zero attached hydrogens (tertiary/aromatic N) is 2. The zero-order valence-corrected chi connectivity index (χ0v) is 6.03. The molecular formula is C7H7N3O. The van der Waals surface area contributed by atoms with Crippen molar-refractivity contribution in [3.8, 4) is 0 Å². The second kappa shape index (κ2) is 1.95. The highest BCUT2D eigenvalue weighted by atomic mass is 16.1. The fourth-order valence-electron chi connectivity index (χ4n) is 1.05. The molecule has 0 saturated heterocycles. The van der Waals surface area contributed by atoms with E-state index in [-0.39, 0.29) is 5.56 Å². The SMILES string of the molecule is Cc1cnc2c(=O)[nH]ccn12. The first-order valence-corrected chi connectivity index (χ1v) is 3.30. The van der Waals surface area contributed by atoms with Gasteiger partial charge in [0.1, 0.15) is 0 Å². The van der Waals surface area contributed by atoms with E-state index < -0.39 is 0 Å². The summed E-state index contributed by atoms with van der Waals surface area (Å²) in [5, 5.41) is 0. The van der Waals surface area contributed by atoms with Crippen LogP contribution in [0.3, 0.4) is 0 Å². The maximum atomic E-state index is 11.1. The van der Waals surface area contributed by atoms with Crippen LogP contribution in [-0.2, 0) is 0 Å². The minimum absolute atomic E-state index is 0.152. The van der Waals surface area contributed by atoms with Crippen molar-refractivity contribution in [3.63, 3.8) is 0 Å². The van der Waals surface area contributed by atoms with Gasteiger partial charge in [-0.3, -0.25) is 9.20 Å². The summed E-state index contributed by atoms with van der Waals surface area (Å²) in [6.45, 7) is 1.90. The highest BCUT2D eigenvalue weighted by molar-refractivity contribution is 5.36. The Labute approximate surface area is 62.5 Å². The summed E-state index contributed by atoms with van der Waals surface area (Å²) >= 11 is 0. The fourth-order valence-corrected chi connectivity index (χ4v) is 1.05. The van der Waals surface area contributed by atoms with Crippen LogP contribution in [0.2, 0.25) is 0 Å². The predicted octanol–water partition coefficient (Wildman–Crippen LogP) is 0.331. The van der Waals surface area contributed by atoms with Gasteiger partial charge in [-0.25, -0.2) is 4.98 Å². The molecule has 0 fully saturated rings. The maximum Gasteiger partial charge on any atom is 0.291 e. The van der Waals surface area contributed by atoms with Crippen molar-refractivity contribution in [1.29, 1.82) is 0 Å². The lowest BCUT2D eigenvalue weighted by Gasteiger charge is -1.91. The molecule has 1 N–H and O–H groups in total. The molecule has 0 aliphatic rings. The van der Waals surface area contributed by atoms with Gasteiger partial charge < -0.3 is 4.98 Å². The summed E-state index contributed by atoms with van der Waals surface area (Å²) in [6, 6.07) is 0. The number of H-pyrrole nitrogens is 1. The average molecular weight is 149 g/mol. The van der Waals surface area contributed by atoms with Crippen LogP contribution in [0, 0.1) is 6.92 Å². The Bertz CT molecular complexity index is 440. The van der Waals surface area contributed by atoms with E-state index in [0.29, 0.717) is 5.65 Å². The Hall–Kier alpha value is -1.58. The lowest BCUT2D eigenvalue weighted by Crippen LogP contribution is -2.08. The minimum Gasteiger partial charge on any atom is -0.324 e. The largest absolute Gasteiger partial charge is 0.324 e. The highest BCUT2D eigenvalue weighted by Gasteiger charge is 1.99. The zero-order valence-electron chi connectivity index (χ0n) is 6.03. The van der Waals surface area contributed by atoms with Crippen LogP contribution >= 0.6 is 0 Å². The molecule has 4 heteroatoms. The summed E-state index contributed by atoms with van der Waals surface area (Å²) in [5.41, 5.74) is 1.26. The summed E-state index contributed by atoms with van der Waals surface area (Å²) in [4.78, 5) is 17.5. The number of aromatic nitrogens is 3. The summed E-state index contributed by atoms with van der Waals surface area (Å²) in [7, 11) is 0. The summed E-state index contributed by atoms with van der Waals surface area (Å²) < 4.78 is 1.75. The molecule has 0 aromatic carbocycles. The second-order valence-corrected chi connectivity index (χ2v) is 2.38. The van der Waals surface area contributed by atoms with E-state index in [1.165, 1.54) is 0 Å². The third-order valence-electron chi connectivity index (χ3n) is 1.62. The van der Waals surface area contributed by atoms with Crippen molar-refractivity contribution in [2.45, 2.75) is 6.92 Å². The number of aryl methyl sites for hydroxylation is 1. The van der Waals surface area contributed by atoms with E-state index in [4.69, 9.17) is 0 Å². The Morgan fingerprint density at radius 1 is 1.64 bits per heavy atom. The van der Waals surface area contributed by atoms with Gasteiger partial charge in [-0.1, -0.05) is 0 Å². The van der Waals surface area contributed by atoms with Crippen LogP contribution in [0.1, 0.15) is 5.69 Å². The molecule has 0 bridgehead atoms. The van der Waals surface area contributed by atoms with Crippen molar-refractivity contribution in [3.05, 3.63) is 34.6 Å². The van der Waals surface area contributed by atoms with Crippen LogP contribution in [-0.4, -0.2) is 14.4 Å². The van der Waals surface area contributed by atoms with Crippen LogP contribution in [0.4, 0.5) is 0 Å². The molecule has 0 spiro atoms. The molecule has 0 radical (unpaired) electrons. The molecule has 2 aromatic heterocycles. The monoisotopic (exact) mass is 149 g/mol. The van der Waals surface area contributed by atoms with Crippen molar-refractivity contribution < 1.29 is 0 Å². The van der Waals surface area contributed by atoms with Gasteiger partial charge >= 0.3 is 0 Å². The maximum absolute atomic E-state index is 11.1. The number of fused-ring (bicyclic) bond motifs is 1. The topological polar surface area (TPSA) is 50.2 Å². The Morgan fingerprint density at radius 3 is 3.18 bits per heavy atom. The fraction of sp³-hybridized carbons (Fsp3) is 0.143. The van der Waals surface area contributed by atoms with E-state index in [2.05, 4.69) is 9.97 Å². The predicted molar refractivity (Wildman–Crippen MR) is 40.5 cm³/mol. The van der Waals surface area contributed by atoms with E-state index in [1.54, 1.807) is 23.0 Å². The highest BCUT2D eigenvalue weighted by Crippen LogP contribution is 1.97. The quantitative estimate of drug-likeness (QED) is 0.586. The molecule has 2 heterocycles. The number of nitrogens with one attached hydrogen (secondary N) is 1. The molecule has 0 aliphatic heterocycles. The molecule has 11 heavy (non-hydrogen) atoms. The van der Waals surface area contributed by atoms with Gasteiger partial charge in [0.05, 0.1) is 0 Å².